The van der Waals surface area contributed by atoms with Crippen molar-refractivity contribution in [3.05, 3.63) is 10.6 Å². The first kappa shape index (κ1) is 15.3. The second-order valence-electron chi connectivity index (χ2n) is 4.58. The van der Waals surface area contributed by atoms with E-state index in [1.54, 1.807) is 4.68 Å². The van der Waals surface area contributed by atoms with E-state index in [0.717, 1.165) is 19.5 Å². The molecule has 0 aliphatic carbocycles. The summed E-state index contributed by atoms with van der Waals surface area (Å²) in [5, 5.41) is 13.7. The van der Waals surface area contributed by atoms with Crippen LogP contribution in [-0.4, -0.2) is 37.9 Å². The Morgan fingerprint density at radius 3 is 2.61 bits per heavy atom. The van der Waals surface area contributed by atoms with Crippen molar-refractivity contribution in [3.8, 4) is 0 Å². The van der Waals surface area contributed by atoms with Gasteiger partial charge < -0.3 is 9.67 Å². The average molecular weight is 272 g/mol. The normalized spacial score (nSPS) is 11.4. The average Bonchev–Trinajstić information content (AvgIpc) is 2.65. The molecule has 1 aromatic heterocycles. The first-order valence-corrected chi connectivity index (χ1v) is 7.00. The van der Waals surface area contributed by atoms with E-state index in [4.69, 9.17) is 12.2 Å². The van der Waals surface area contributed by atoms with E-state index in [2.05, 4.69) is 30.9 Å². The van der Waals surface area contributed by atoms with Gasteiger partial charge in [-0.3, -0.25) is 4.90 Å². The highest BCUT2D eigenvalue weighted by molar-refractivity contribution is 7.71. The zero-order valence-electron chi connectivity index (χ0n) is 11.6. The predicted molar refractivity (Wildman–Crippen MR) is 74.8 cm³/mol. The lowest BCUT2D eigenvalue weighted by molar-refractivity contribution is 0.242. The smallest absolute Gasteiger partial charge is 0.199 e. The van der Waals surface area contributed by atoms with Crippen LogP contribution in [0.2, 0.25) is 0 Å². The number of aromatic nitrogens is 3. The van der Waals surface area contributed by atoms with Crippen molar-refractivity contribution in [1.29, 1.82) is 0 Å². The number of rotatable bonds is 8. The van der Waals surface area contributed by atoms with E-state index in [0.29, 0.717) is 17.3 Å². The number of unbranched alkanes of at least 4 members (excludes halogenated alkanes) is 1. The number of hydrogen-bond donors (Lipinski definition) is 1. The van der Waals surface area contributed by atoms with Crippen molar-refractivity contribution < 1.29 is 5.11 Å². The van der Waals surface area contributed by atoms with Crippen LogP contribution >= 0.6 is 12.2 Å². The van der Waals surface area contributed by atoms with Gasteiger partial charge in [0.2, 0.25) is 0 Å². The minimum atomic E-state index is -0.0602. The molecule has 0 unspecified atom stereocenters. The summed E-state index contributed by atoms with van der Waals surface area (Å²) in [5.41, 5.74) is 0. The van der Waals surface area contributed by atoms with Crippen LogP contribution in [0.1, 0.15) is 38.9 Å². The summed E-state index contributed by atoms with van der Waals surface area (Å²) in [7, 11) is 2.06. The van der Waals surface area contributed by atoms with Gasteiger partial charge in [-0.15, -0.1) is 0 Å². The fraction of sp³-hybridized carbons (Fsp3) is 0.833. The van der Waals surface area contributed by atoms with Crippen LogP contribution in [0.25, 0.3) is 0 Å². The van der Waals surface area contributed by atoms with Crippen LogP contribution in [0.3, 0.4) is 0 Å². The minimum absolute atomic E-state index is 0.0602. The van der Waals surface area contributed by atoms with Gasteiger partial charge in [-0.25, -0.2) is 4.68 Å². The minimum Gasteiger partial charge on any atom is -0.388 e. The van der Waals surface area contributed by atoms with Gasteiger partial charge in [0.15, 0.2) is 10.6 Å². The molecule has 1 aromatic rings. The fourth-order valence-corrected chi connectivity index (χ4v) is 2.17. The lowest BCUT2D eigenvalue weighted by Gasteiger charge is -2.15. The van der Waals surface area contributed by atoms with E-state index in [1.165, 1.54) is 12.8 Å². The van der Waals surface area contributed by atoms with Crippen molar-refractivity contribution in [3.63, 3.8) is 0 Å². The maximum absolute atomic E-state index is 9.30. The second kappa shape index (κ2) is 7.66. The first-order valence-electron chi connectivity index (χ1n) is 6.59. The number of nitrogens with zero attached hydrogens (tertiary/aromatic N) is 4. The molecule has 0 aromatic carbocycles. The van der Waals surface area contributed by atoms with Crippen LogP contribution in [0.5, 0.6) is 0 Å². The van der Waals surface area contributed by atoms with Crippen molar-refractivity contribution in [2.75, 3.05) is 13.6 Å². The monoisotopic (exact) mass is 272 g/mol. The molecule has 0 aliphatic rings. The molecule has 1 rings (SSSR count). The number of aliphatic hydroxyl groups is 1. The summed E-state index contributed by atoms with van der Waals surface area (Å²) in [6, 6.07) is 0. The third kappa shape index (κ3) is 3.90. The molecule has 0 aliphatic heterocycles. The van der Waals surface area contributed by atoms with Gasteiger partial charge in [0.25, 0.3) is 0 Å². The van der Waals surface area contributed by atoms with Gasteiger partial charge in [-0.05, 0) is 38.7 Å². The van der Waals surface area contributed by atoms with E-state index in [-0.39, 0.29) is 6.61 Å². The van der Waals surface area contributed by atoms with Gasteiger partial charge >= 0.3 is 0 Å². The molecule has 5 nitrogen and oxygen atoms in total. The van der Waals surface area contributed by atoms with Gasteiger partial charge in [0.05, 0.1) is 6.67 Å². The molecule has 18 heavy (non-hydrogen) atoms. The van der Waals surface area contributed by atoms with Crippen LogP contribution in [0.15, 0.2) is 0 Å². The lowest BCUT2D eigenvalue weighted by Crippen LogP contribution is -2.24. The summed E-state index contributed by atoms with van der Waals surface area (Å²) in [4.78, 5) is 2.20. The summed E-state index contributed by atoms with van der Waals surface area (Å²) < 4.78 is 4.42. The molecule has 104 valence electrons. The molecule has 6 heteroatoms. The molecule has 0 saturated heterocycles. The summed E-state index contributed by atoms with van der Waals surface area (Å²) in [6.07, 6.45) is 3.34. The van der Waals surface area contributed by atoms with Crippen molar-refractivity contribution in [2.24, 2.45) is 0 Å². The van der Waals surface area contributed by atoms with Gasteiger partial charge in [-0.2, -0.15) is 5.10 Å². The van der Waals surface area contributed by atoms with E-state index in [1.807, 2.05) is 4.57 Å². The maximum atomic E-state index is 9.30. The SMILES string of the molecule is CCCCN(C)Cn1nc(CO)n(CCC)c1=S. The Balaban J connectivity index is 2.80. The molecular formula is C12H24N4OS. The highest BCUT2D eigenvalue weighted by Crippen LogP contribution is 2.05. The molecule has 0 spiro atoms. The highest BCUT2D eigenvalue weighted by Gasteiger charge is 2.10. The van der Waals surface area contributed by atoms with E-state index in [9.17, 15) is 5.11 Å². The summed E-state index contributed by atoms with van der Waals surface area (Å²) in [6.45, 7) is 6.74. The third-order valence-electron chi connectivity index (χ3n) is 2.86. The molecule has 0 radical (unpaired) electrons. The van der Waals surface area contributed by atoms with Gasteiger partial charge in [0, 0.05) is 6.54 Å². The van der Waals surface area contributed by atoms with Crippen molar-refractivity contribution in [1.82, 2.24) is 19.2 Å². The number of aliphatic hydroxyl groups excluding tert-OH is 1. The van der Waals surface area contributed by atoms with Gasteiger partial charge in [0.1, 0.15) is 6.61 Å². The lowest BCUT2D eigenvalue weighted by atomic mass is 10.3. The van der Waals surface area contributed by atoms with E-state index < -0.39 is 0 Å². The van der Waals surface area contributed by atoms with Gasteiger partial charge in [-0.1, -0.05) is 20.3 Å². The second-order valence-corrected chi connectivity index (χ2v) is 4.95. The predicted octanol–water partition coefficient (Wildman–Crippen LogP) is 2.01. The Morgan fingerprint density at radius 1 is 1.33 bits per heavy atom. The fourth-order valence-electron chi connectivity index (χ4n) is 1.87. The molecule has 0 fully saturated rings. The van der Waals surface area contributed by atoms with Crippen LogP contribution in [-0.2, 0) is 19.8 Å². The molecular weight excluding hydrogens is 248 g/mol. The van der Waals surface area contributed by atoms with Crippen molar-refractivity contribution >= 4 is 12.2 Å². The zero-order valence-corrected chi connectivity index (χ0v) is 12.4. The summed E-state index contributed by atoms with van der Waals surface area (Å²) in [5.74, 6) is 0.658. The zero-order chi connectivity index (χ0) is 13.5. The first-order chi connectivity index (χ1) is 8.63. The van der Waals surface area contributed by atoms with Crippen molar-refractivity contribution in [2.45, 2.75) is 52.9 Å². The number of hydrogen-bond acceptors (Lipinski definition) is 4. The molecule has 0 bridgehead atoms. The Kier molecular flexibility index (Phi) is 6.52. The van der Waals surface area contributed by atoms with Crippen LogP contribution in [0, 0.1) is 4.77 Å². The molecule has 1 heterocycles. The quantitative estimate of drug-likeness (QED) is 0.735. The maximum Gasteiger partial charge on any atom is 0.199 e. The molecule has 0 amide bonds. The van der Waals surface area contributed by atoms with Crippen LogP contribution < -0.4 is 0 Å². The molecule has 1 N–H and O–H groups in total. The van der Waals surface area contributed by atoms with Crippen LogP contribution in [0.4, 0.5) is 0 Å². The Bertz CT molecular complexity index is 413. The standard InChI is InChI=1S/C12H24N4OS/c1-4-6-8-14(3)10-16-12(18)15(7-5-2)11(9-17)13-16/h17H,4-10H2,1-3H3. The summed E-state index contributed by atoms with van der Waals surface area (Å²) >= 11 is 5.40. The molecule has 0 atom stereocenters. The Labute approximate surface area is 114 Å². The topological polar surface area (TPSA) is 46.2 Å². The Morgan fingerprint density at radius 2 is 2.06 bits per heavy atom. The third-order valence-corrected chi connectivity index (χ3v) is 3.29. The molecule has 0 saturated carbocycles. The highest BCUT2D eigenvalue weighted by atomic mass is 32.1. The Hall–Kier alpha value is -0.720. The van der Waals surface area contributed by atoms with E-state index >= 15 is 0 Å². The largest absolute Gasteiger partial charge is 0.388 e.